The Labute approximate surface area is 157 Å². The summed E-state index contributed by atoms with van der Waals surface area (Å²) in [5.41, 5.74) is 2.80. The van der Waals surface area contributed by atoms with Crippen LogP contribution in [0.15, 0.2) is 46.2 Å². The Balaban J connectivity index is 2.33. The zero-order valence-corrected chi connectivity index (χ0v) is 16.8. The standard InChI is InChI=1S/C18H20ClNO3S2/c1-11-5-7-16(12(2)9-11)24-17-8-6-14(19)10-15(17)20-18(21)13(3)25(4,22)23/h5-10,13H,1-4H3,(H,20,21). The Morgan fingerprint density at radius 1 is 1.12 bits per heavy atom. The fourth-order valence-corrected chi connectivity index (χ4v) is 3.72. The van der Waals surface area contributed by atoms with Gasteiger partial charge in [0.2, 0.25) is 5.91 Å². The van der Waals surface area contributed by atoms with Crippen molar-refractivity contribution in [1.29, 1.82) is 0 Å². The zero-order chi connectivity index (χ0) is 18.8. The number of halogens is 1. The van der Waals surface area contributed by atoms with Crippen LogP contribution in [0.3, 0.4) is 0 Å². The number of benzene rings is 2. The third-order valence-electron chi connectivity index (χ3n) is 3.76. The number of amides is 1. The molecule has 1 N–H and O–H groups in total. The normalized spacial score (nSPS) is 12.7. The van der Waals surface area contributed by atoms with Crippen LogP contribution in [-0.4, -0.2) is 25.8 Å². The Kier molecular flexibility index (Phi) is 6.19. The molecule has 7 heteroatoms. The average molecular weight is 398 g/mol. The third-order valence-corrected chi connectivity index (χ3v) is 6.75. The topological polar surface area (TPSA) is 63.2 Å². The van der Waals surface area contributed by atoms with Gasteiger partial charge in [0.1, 0.15) is 5.25 Å². The first-order chi connectivity index (χ1) is 11.6. The van der Waals surface area contributed by atoms with Gasteiger partial charge in [-0.1, -0.05) is 41.1 Å². The molecule has 1 amide bonds. The number of rotatable bonds is 5. The maximum Gasteiger partial charge on any atom is 0.242 e. The van der Waals surface area contributed by atoms with Gasteiger partial charge in [0, 0.05) is 21.1 Å². The van der Waals surface area contributed by atoms with Crippen LogP contribution in [0.2, 0.25) is 5.02 Å². The van der Waals surface area contributed by atoms with E-state index in [1.165, 1.54) is 24.2 Å². The Bertz CT molecular complexity index is 911. The number of nitrogens with one attached hydrogen (secondary N) is 1. The zero-order valence-electron chi connectivity index (χ0n) is 14.5. The van der Waals surface area contributed by atoms with Crippen LogP contribution < -0.4 is 5.32 Å². The number of aryl methyl sites for hydroxylation is 2. The Morgan fingerprint density at radius 2 is 1.76 bits per heavy atom. The van der Waals surface area contributed by atoms with Crippen molar-refractivity contribution >= 4 is 44.8 Å². The average Bonchev–Trinajstić information content (AvgIpc) is 2.50. The highest BCUT2D eigenvalue weighted by molar-refractivity contribution is 7.99. The van der Waals surface area contributed by atoms with Crippen LogP contribution in [0.1, 0.15) is 18.1 Å². The van der Waals surface area contributed by atoms with Crippen molar-refractivity contribution in [2.24, 2.45) is 0 Å². The van der Waals surface area contributed by atoms with Crippen molar-refractivity contribution in [1.82, 2.24) is 0 Å². The van der Waals surface area contributed by atoms with E-state index in [1.807, 2.05) is 32.0 Å². The molecule has 134 valence electrons. The third kappa shape index (κ3) is 5.23. The molecule has 0 heterocycles. The molecule has 2 aromatic carbocycles. The highest BCUT2D eigenvalue weighted by Crippen LogP contribution is 2.37. The molecule has 0 radical (unpaired) electrons. The van der Waals surface area contributed by atoms with Crippen molar-refractivity contribution in [2.75, 3.05) is 11.6 Å². The van der Waals surface area contributed by atoms with Crippen molar-refractivity contribution in [3.63, 3.8) is 0 Å². The molecule has 0 aromatic heterocycles. The molecule has 4 nitrogen and oxygen atoms in total. The first-order valence-corrected chi connectivity index (χ1v) is 10.8. The molecule has 0 aliphatic heterocycles. The maximum atomic E-state index is 12.2. The summed E-state index contributed by atoms with van der Waals surface area (Å²) in [6.07, 6.45) is 1.04. The lowest BCUT2D eigenvalue weighted by Crippen LogP contribution is -2.31. The number of hydrogen-bond donors (Lipinski definition) is 1. The van der Waals surface area contributed by atoms with Gasteiger partial charge < -0.3 is 5.32 Å². The van der Waals surface area contributed by atoms with E-state index in [1.54, 1.807) is 12.1 Å². The summed E-state index contributed by atoms with van der Waals surface area (Å²) in [7, 11) is -3.47. The predicted octanol–water partition coefficient (Wildman–Crippen LogP) is 4.48. The number of hydrogen-bond acceptors (Lipinski definition) is 4. The van der Waals surface area contributed by atoms with E-state index >= 15 is 0 Å². The van der Waals surface area contributed by atoms with Gasteiger partial charge in [-0.05, 0) is 50.6 Å². The second-order valence-electron chi connectivity index (χ2n) is 5.97. The predicted molar refractivity (Wildman–Crippen MR) is 104 cm³/mol. The molecular weight excluding hydrogens is 378 g/mol. The molecule has 0 aliphatic carbocycles. The Morgan fingerprint density at radius 3 is 2.36 bits per heavy atom. The fraction of sp³-hybridized carbons (Fsp3) is 0.278. The first-order valence-electron chi connectivity index (χ1n) is 7.62. The molecule has 25 heavy (non-hydrogen) atoms. The number of sulfone groups is 1. The molecule has 0 aliphatic rings. The van der Waals surface area contributed by atoms with Gasteiger partial charge in [-0.25, -0.2) is 8.42 Å². The summed E-state index contributed by atoms with van der Waals surface area (Å²) in [6, 6.07) is 11.3. The van der Waals surface area contributed by atoms with Crippen molar-refractivity contribution in [3.05, 3.63) is 52.5 Å². The molecule has 0 spiro atoms. The van der Waals surface area contributed by atoms with Crippen LogP contribution >= 0.6 is 23.4 Å². The molecular formula is C18H20ClNO3S2. The highest BCUT2D eigenvalue weighted by atomic mass is 35.5. The lowest BCUT2D eigenvalue weighted by Gasteiger charge is -2.15. The largest absolute Gasteiger partial charge is 0.324 e. The molecule has 0 saturated carbocycles. The summed E-state index contributed by atoms with van der Waals surface area (Å²) < 4.78 is 23.2. The lowest BCUT2D eigenvalue weighted by atomic mass is 10.2. The second-order valence-corrected chi connectivity index (χ2v) is 9.86. The number of carbonyl (C=O) groups is 1. The summed E-state index contributed by atoms with van der Waals surface area (Å²) in [5, 5.41) is 2.02. The van der Waals surface area contributed by atoms with E-state index in [0.29, 0.717) is 10.7 Å². The SMILES string of the molecule is Cc1ccc(Sc2ccc(Cl)cc2NC(=O)C(C)S(C)(=O)=O)c(C)c1. The minimum atomic E-state index is -3.47. The van der Waals surface area contributed by atoms with Crippen LogP contribution in [0.25, 0.3) is 0 Å². The minimum Gasteiger partial charge on any atom is -0.324 e. The number of carbonyl (C=O) groups excluding carboxylic acids is 1. The second kappa shape index (κ2) is 7.81. The smallest absolute Gasteiger partial charge is 0.242 e. The van der Waals surface area contributed by atoms with E-state index in [-0.39, 0.29) is 0 Å². The van der Waals surface area contributed by atoms with E-state index < -0.39 is 21.0 Å². The van der Waals surface area contributed by atoms with Crippen LogP contribution in [0, 0.1) is 13.8 Å². The van der Waals surface area contributed by atoms with Gasteiger partial charge >= 0.3 is 0 Å². The van der Waals surface area contributed by atoms with Gasteiger partial charge in [-0.3, -0.25) is 4.79 Å². The highest BCUT2D eigenvalue weighted by Gasteiger charge is 2.24. The minimum absolute atomic E-state index is 0.465. The van der Waals surface area contributed by atoms with E-state index in [0.717, 1.165) is 21.6 Å². The molecule has 0 fully saturated rings. The van der Waals surface area contributed by atoms with Gasteiger partial charge in [0.25, 0.3) is 0 Å². The van der Waals surface area contributed by atoms with Crippen LogP contribution in [0.5, 0.6) is 0 Å². The lowest BCUT2D eigenvalue weighted by molar-refractivity contribution is -0.115. The van der Waals surface area contributed by atoms with Gasteiger partial charge in [0.05, 0.1) is 5.69 Å². The van der Waals surface area contributed by atoms with Crippen LogP contribution in [0.4, 0.5) is 5.69 Å². The van der Waals surface area contributed by atoms with Crippen molar-refractivity contribution in [3.8, 4) is 0 Å². The molecule has 0 bridgehead atoms. The molecule has 2 aromatic rings. The van der Waals surface area contributed by atoms with Crippen molar-refractivity contribution < 1.29 is 13.2 Å². The van der Waals surface area contributed by atoms with Gasteiger partial charge in [0.15, 0.2) is 9.84 Å². The quantitative estimate of drug-likeness (QED) is 0.807. The van der Waals surface area contributed by atoms with Gasteiger partial charge in [-0.15, -0.1) is 0 Å². The molecule has 1 atom stereocenters. The van der Waals surface area contributed by atoms with E-state index in [2.05, 4.69) is 11.4 Å². The van der Waals surface area contributed by atoms with Crippen LogP contribution in [-0.2, 0) is 14.6 Å². The van der Waals surface area contributed by atoms with Gasteiger partial charge in [-0.2, -0.15) is 0 Å². The maximum absolute atomic E-state index is 12.2. The Hall–Kier alpha value is -1.50. The molecule has 2 rings (SSSR count). The summed E-state index contributed by atoms with van der Waals surface area (Å²) in [4.78, 5) is 14.1. The van der Waals surface area contributed by atoms with Crippen molar-refractivity contribution in [2.45, 2.75) is 35.8 Å². The monoisotopic (exact) mass is 397 g/mol. The molecule has 1 unspecified atom stereocenters. The number of anilines is 1. The molecule has 0 saturated heterocycles. The fourth-order valence-electron chi connectivity index (χ4n) is 2.15. The summed E-state index contributed by atoms with van der Waals surface area (Å²) >= 11 is 7.54. The van der Waals surface area contributed by atoms with E-state index in [9.17, 15) is 13.2 Å². The summed E-state index contributed by atoms with van der Waals surface area (Å²) in [5.74, 6) is -0.577. The van der Waals surface area contributed by atoms with E-state index in [4.69, 9.17) is 11.6 Å². The first kappa shape index (κ1) is 19.8. The summed E-state index contributed by atoms with van der Waals surface area (Å²) in [6.45, 7) is 5.42.